The monoisotopic (exact) mass is 443 g/mol. The van der Waals surface area contributed by atoms with Crippen LogP contribution in [-0.4, -0.2) is 26.9 Å². The maximum absolute atomic E-state index is 12.1. The van der Waals surface area contributed by atoms with Crippen LogP contribution in [0.25, 0.3) is 0 Å². The number of rotatable bonds is 7. The van der Waals surface area contributed by atoms with Crippen LogP contribution in [0.2, 0.25) is 0 Å². The lowest BCUT2D eigenvalue weighted by Crippen LogP contribution is -3.00. The molecular weight excluding hydrogens is 426 g/mol. The van der Waals surface area contributed by atoms with E-state index in [0.717, 1.165) is 0 Å². The van der Waals surface area contributed by atoms with E-state index >= 15 is 0 Å². The fraction of sp³-hybridized carbons (Fsp3) is 0.188. The van der Waals surface area contributed by atoms with Gasteiger partial charge in [0.2, 0.25) is 6.54 Å². The van der Waals surface area contributed by atoms with Crippen LogP contribution in [-0.2, 0) is 26.1 Å². The summed E-state index contributed by atoms with van der Waals surface area (Å²) in [4.78, 5) is 25.6. The zero-order chi connectivity index (χ0) is 18.3. The molecule has 1 heterocycles. The molecule has 8 nitrogen and oxygen atoms in total. The van der Waals surface area contributed by atoms with Gasteiger partial charge in [0.1, 0.15) is 5.56 Å². The van der Waals surface area contributed by atoms with Gasteiger partial charge in [0.15, 0.2) is 12.4 Å². The van der Waals surface area contributed by atoms with Crippen LogP contribution >= 0.6 is 0 Å². The Balaban J connectivity index is 0.00000338. The fourth-order valence-corrected chi connectivity index (χ4v) is 2.81. The molecule has 10 heteroatoms. The first-order chi connectivity index (χ1) is 11.9. The summed E-state index contributed by atoms with van der Waals surface area (Å²) in [6.07, 6.45) is 3.02. The van der Waals surface area contributed by atoms with Crippen LogP contribution in [0.3, 0.4) is 0 Å². The first kappa shape index (κ1) is 21.7. The lowest BCUT2D eigenvalue weighted by Gasteiger charge is -2.08. The molecule has 1 aromatic carbocycles. The molecular formula is C16H18BrN3O5S. The zero-order valence-electron chi connectivity index (χ0n) is 13.9. The van der Waals surface area contributed by atoms with Gasteiger partial charge >= 0.3 is 5.97 Å². The van der Waals surface area contributed by atoms with Crippen molar-refractivity contribution >= 4 is 21.9 Å². The number of benzene rings is 1. The van der Waals surface area contributed by atoms with Crippen molar-refractivity contribution in [2.45, 2.75) is 18.4 Å². The summed E-state index contributed by atoms with van der Waals surface area (Å²) in [7, 11) is -3.86. The van der Waals surface area contributed by atoms with Gasteiger partial charge in [0, 0.05) is 6.07 Å². The minimum atomic E-state index is -3.86. The Morgan fingerprint density at radius 2 is 1.81 bits per heavy atom. The number of ether oxygens (including phenoxy) is 1. The predicted octanol–water partition coefficient (Wildman–Crippen LogP) is -2.84. The number of nitrogens with zero attached hydrogens (tertiary/aromatic N) is 1. The summed E-state index contributed by atoms with van der Waals surface area (Å²) in [6, 6.07) is 10.7. The Bertz CT molecular complexity index is 859. The third kappa shape index (κ3) is 6.21. The van der Waals surface area contributed by atoms with Crippen LogP contribution in [0.15, 0.2) is 59.8 Å². The van der Waals surface area contributed by atoms with Crippen LogP contribution in [0.5, 0.6) is 0 Å². The first-order valence-corrected chi connectivity index (χ1v) is 8.92. The Kier molecular flexibility index (Phi) is 8.36. The number of carbonyl (C=O) groups is 2. The fourth-order valence-electron chi connectivity index (χ4n) is 1.95. The minimum Gasteiger partial charge on any atom is -1.00 e. The summed E-state index contributed by atoms with van der Waals surface area (Å²) in [5, 5.41) is 0. The number of hydrazine groups is 1. The SMILES string of the molecule is CCOC(=O)C[n+]1cccc(C(=O)NNS(=O)(=O)c2ccccc2)c1.[Br-]. The third-order valence-corrected chi connectivity index (χ3v) is 4.35. The number of esters is 1. The molecule has 0 spiro atoms. The highest BCUT2D eigenvalue weighted by molar-refractivity contribution is 7.89. The van der Waals surface area contributed by atoms with Crippen molar-refractivity contribution in [3.05, 3.63) is 60.4 Å². The lowest BCUT2D eigenvalue weighted by molar-refractivity contribution is -0.686. The summed E-state index contributed by atoms with van der Waals surface area (Å²) >= 11 is 0. The van der Waals surface area contributed by atoms with E-state index in [1.807, 2.05) is 4.83 Å². The van der Waals surface area contributed by atoms with Crippen LogP contribution in [0, 0.1) is 0 Å². The quantitative estimate of drug-likeness (QED) is 0.272. The second kappa shape index (κ2) is 10.00. The van der Waals surface area contributed by atoms with Gasteiger partial charge in [-0.1, -0.05) is 18.2 Å². The van der Waals surface area contributed by atoms with Crippen molar-refractivity contribution in [3.8, 4) is 0 Å². The molecule has 26 heavy (non-hydrogen) atoms. The molecule has 140 valence electrons. The number of nitrogens with one attached hydrogen (secondary N) is 2. The summed E-state index contributed by atoms with van der Waals surface area (Å²) < 4.78 is 30.4. The maximum Gasteiger partial charge on any atom is 0.372 e. The molecule has 0 radical (unpaired) electrons. The molecule has 2 rings (SSSR count). The lowest BCUT2D eigenvalue weighted by atomic mass is 10.3. The van der Waals surface area contributed by atoms with Gasteiger partial charge in [-0.05, 0) is 25.1 Å². The predicted molar refractivity (Wildman–Crippen MR) is 87.5 cm³/mol. The van der Waals surface area contributed by atoms with E-state index in [1.54, 1.807) is 37.4 Å². The molecule has 0 aliphatic rings. The third-order valence-electron chi connectivity index (χ3n) is 3.09. The van der Waals surface area contributed by atoms with E-state index in [9.17, 15) is 18.0 Å². The van der Waals surface area contributed by atoms with Gasteiger partial charge in [-0.2, -0.15) is 4.57 Å². The van der Waals surface area contributed by atoms with E-state index in [0.29, 0.717) is 0 Å². The van der Waals surface area contributed by atoms with Gasteiger partial charge in [0.05, 0.1) is 11.5 Å². The van der Waals surface area contributed by atoms with Crippen LogP contribution < -0.4 is 31.8 Å². The molecule has 1 aromatic heterocycles. The van der Waals surface area contributed by atoms with Crippen molar-refractivity contribution in [2.24, 2.45) is 0 Å². The van der Waals surface area contributed by atoms with E-state index in [1.165, 1.54) is 29.0 Å². The molecule has 0 saturated carbocycles. The smallest absolute Gasteiger partial charge is 0.372 e. The van der Waals surface area contributed by atoms with Crippen molar-refractivity contribution < 1.29 is 44.3 Å². The average Bonchev–Trinajstić information content (AvgIpc) is 2.61. The van der Waals surface area contributed by atoms with Gasteiger partial charge in [-0.25, -0.2) is 13.2 Å². The average molecular weight is 444 g/mol. The number of halogens is 1. The normalized spacial score (nSPS) is 10.5. The molecule has 0 saturated heterocycles. The zero-order valence-corrected chi connectivity index (χ0v) is 16.3. The number of pyridine rings is 1. The van der Waals surface area contributed by atoms with Crippen LogP contribution in [0.1, 0.15) is 17.3 Å². The van der Waals surface area contributed by atoms with Crippen molar-refractivity contribution in [3.63, 3.8) is 0 Å². The Morgan fingerprint density at radius 1 is 1.12 bits per heavy atom. The molecule has 0 fully saturated rings. The van der Waals surface area contributed by atoms with Gasteiger partial charge < -0.3 is 21.7 Å². The maximum atomic E-state index is 12.1. The number of sulfonamides is 1. The second-order valence-electron chi connectivity index (χ2n) is 4.94. The van der Waals surface area contributed by atoms with Gasteiger partial charge in [-0.3, -0.25) is 10.2 Å². The molecule has 2 N–H and O–H groups in total. The number of hydrogen-bond acceptors (Lipinski definition) is 5. The highest BCUT2D eigenvalue weighted by atomic mass is 79.9. The largest absolute Gasteiger partial charge is 1.00 e. The second-order valence-corrected chi connectivity index (χ2v) is 6.63. The molecule has 0 bridgehead atoms. The highest BCUT2D eigenvalue weighted by Gasteiger charge is 2.17. The van der Waals surface area contributed by atoms with Crippen molar-refractivity contribution in [1.29, 1.82) is 0 Å². The van der Waals surface area contributed by atoms with Gasteiger partial charge in [-0.15, -0.1) is 4.83 Å². The van der Waals surface area contributed by atoms with E-state index in [2.05, 4.69) is 5.43 Å². The number of aromatic nitrogens is 1. The van der Waals surface area contributed by atoms with Crippen LogP contribution in [0.4, 0.5) is 0 Å². The number of amides is 1. The van der Waals surface area contributed by atoms with Crippen molar-refractivity contribution in [1.82, 2.24) is 10.3 Å². The van der Waals surface area contributed by atoms with E-state index < -0.39 is 21.9 Å². The highest BCUT2D eigenvalue weighted by Crippen LogP contribution is 2.06. The van der Waals surface area contributed by atoms with E-state index in [-0.39, 0.29) is 40.6 Å². The summed E-state index contributed by atoms with van der Waals surface area (Å²) in [5.41, 5.74) is 2.32. The Hall–Kier alpha value is -2.30. The molecule has 1 amide bonds. The number of hydrogen-bond donors (Lipinski definition) is 2. The van der Waals surface area contributed by atoms with Crippen molar-refractivity contribution in [2.75, 3.05) is 6.61 Å². The molecule has 2 aromatic rings. The Labute approximate surface area is 162 Å². The first-order valence-electron chi connectivity index (χ1n) is 7.44. The minimum absolute atomic E-state index is 0. The summed E-state index contributed by atoms with van der Waals surface area (Å²) in [6.45, 7) is 1.91. The Morgan fingerprint density at radius 3 is 2.46 bits per heavy atom. The summed E-state index contributed by atoms with van der Waals surface area (Å²) in [5.74, 6) is -1.09. The molecule has 0 aliphatic carbocycles. The molecule has 0 atom stereocenters. The topological polar surface area (TPSA) is 105 Å². The standard InChI is InChI=1S/C16H17N3O5S.BrH/c1-2-24-15(20)12-19-10-6-7-13(11-19)16(21)17-18-25(22,23)14-8-4-3-5-9-14;/h3-11,18H,2,12H2,1H3;1H. The molecule has 0 unspecified atom stereocenters. The number of carbonyl (C=O) groups excluding carboxylic acids is 2. The van der Waals surface area contributed by atoms with E-state index in [4.69, 9.17) is 4.74 Å². The van der Waals surface area contributed by atoms with Gasteiger partial charge in [0.25, 0.3) is 15.9 Å². The molecule has 0 aliphatic heterocycles.